The second kappa shape index (κ2) is 20.7. The summed E-state index contributed by atoms with van der Waals surface area (Å²) in [5, 5.41) is 15.6. The van der Waals surface area contributed by atoms with Gasteiger partial charge in [0.25, 0.3) is 0 Å². The monoisotopic (exact) mass is 540 g/mol. The van der Waals surface area contributed by atoms with Gasteiger partial charge in [0.15, 0.2) is 6.29 Å². The lowest BCUT2D eigenvalue weighted by atomic mass is 9.99. The van der Waals surface area contributed by atoms with E-state index >= 15 is 0 Å². The molecule has 0 amide bonds. The summed E-state index contributed by atoms with van der Waals surface area (Å²) < 4.78 is 36.9. The van der Waals surface area contributed by atoms with Gasteiger partial charge in [-0.05, 0) is 64.8 Å². The molecule has 11 heteroatoms. The number of aryl methyl sites for hydroxylation is 1. The van der Waals surface area contributed by atoms with E-state index < -0.39 is 11.7 Å². The molecule has 0 unspecified atom stereocenters. The zero-order valence-electron chi connectivity index (χ0n) is 21.9. The smallest absolute Gasteiger partial charge is 0.399 e. The fourth-order valence-corrected chi connectivity index (χ4v) is 2.70. The first-order valence-electron chi connectivity index (χ1n) is 10.8. The molecular formula is C26H35F3N4O3S. The van der Waals surface area contributed by atoms with Crippen molar-refractivity contribution in [1.29, 1.82) is 5.41 Å². The van der Waals surface area contributed by atoms with Gasteiger partial charge in [-0.15, -0.1) is 12.6 Å². The van der Waals surface area contributed by atoms with Crippen molar-refractivity contribution in [2.24, 2.45) is 10.3 Å². The molecule has 2 aromatic rings. The highest BCUT2D eigenvalue weighted by atomic mass is 32.1. The molecular weight excluding hydrogens is 505 g/mol. The number of benzene rings is 2. The Balaban J connectivity index is 0. The summed E-state index contributed by atoms with van der Waals surface area (Å²) in [4.78, 5) is 21.3. The van der Waals surface area contributed by atoms with Crippen molar-refractivity contribution in [2.75, 3.05) is 21.2 Å². The number of hydrogen-bond acceptors (Lipinski definition) is 8. The Bertz CT molecular complexity index is 1030. The fourth-order valence-electron chi connectivity index (χ4n) is 2.56. The highest BCUT2D eigenvalue weighted by Crippen LogP contribution is 2.31. The summed E-state index contributed by atoms with van der Waals surface area (Å²) in [7, 11) is 5.15. The van der Waals surface area contributed by atoms with Gasteiger partial charge in [-0.2, -0.15) is 13.2 Å². The van der Waals surface area contributed by atoms with Gasteiger partial charge >= 0.3 is 6.18 Å². The molecule has 0 heterocycles. The SMILES string of the molecule is C/C=C(\S)c1cccc(C(F)(F)F)c1.C/C=N/OCc1c(C)cccc1/C(C=O)=N\OC.C=N.CNC. The van der Waals surface area contributed by atoms with Crippen molar-refractivity contribution in [3.8, 4) is 0 Å². The maximum Gasteiger partial charge on any atom is 0.416 e. The van der Waals surface area contributed by atoms with Crippen LogP contribution in [0.1, 0.15) is 41.7 Å². The molecule has 2 N–H and O–H groups in total. The fraction of sp³-hybridized carbons (Fsp3) is 0.308. The predicted molar refractivity (Wildman–Crippen MR) is 149 cm³/mol. The van der Waals surface area contributed by atoms with Crippen LogP contribution in [0, 0.1) is 12.3 Å². The van der Waals surface area contributed by atoms with Crippen molar-refractivity contribution in [1.82, 2.24) is 5.32 Å². The first-order valence-corrected chi connectivity index (χ1v) is 11.3. The number of thiol groups is 1. The molecule has 204 valence electrons. The number of carbonyl (C=O) groups is 1. The minimum atomic E-state index is -4.29. The number of carbonyl (C=O) groups excluding carboxylic acids is 1. The lowest BCUT2D eigenvalue weighted by Crippen LogP contribution is -2.09. The van der Waals surface area contributed by atoms with Crippen LogP contribution in [0.4, 0.5) is 13.2 Å². The van der Waals surface area contributed by atoms with Crippen LogP contribution in [0.3, 0.4) is 0 Å². The predicted octanol–water partition coefficient (Wildman–Crippen LogP) is 6.16. The van der Waals surface area contributed by atoms with Crippen LogP contribution >= 0.6 is 12.6 Å². The third kappa shape index (κ3) is 14.0. The van der Waals surface area contributed by atoms with Crippen molar-refractivity contribution in [3.63, 3.8) is 0 Å². The quantitative estimate of drug-likeness (QED) is 0.170. The molecule has 2 rings (SSSR count). The lowest BCUT2D eigenvalue weighted by molar-refractivity contribution is -0.137. The van der Waals surface area contributed by atoms with E-state index in [9.17, 15) is 18.0 Å². The van der Waals surface area contributed by atoms with Gasteiger partial charge in [0.05, 0.1) is 5.56 Å². The molecule has 0 bridgehead atoms. The molecule has 0 fully saturated rings. The number of hydrogen-bond donors (Lipinski definition) is 3. The minimum Gasteiger partial charge on any atom is -0.399 e. The number of nitrogens with one attached hydrogen (secondary N) is 2. The molecule has 0 atom stereocenters. The van der Waals surface area contributed by atoms with E-state index in [0.717, 1.165) is 23.3 Å². The van der Waals surface area contributed by atoms with Gasteiger partial charge in [0.1, 0.15) is 19.4 Å². The van der Waals surface area contributed by atoms with Crippen LogP contribution in [-0.2, 0) is 27.3 Å². The molecule has 0 aliphatic heterocycles. The zero-order chi connectivity index (χ0) is 28.9. The van der Waals surface area contributed by atoms with E-state index in [-0.39, 0.29) is 12.3 Å². The van der Waals surface area contributed by atoms with Gasteiger partial charge in [0.2, 0.25) is 0 Å². The average Bonchev–Trinajstić information content (AvgIpc) is 2.89. The Morgan fingerprint density at radius 1 is 1.16 bits per heavy atom. The van der Waals surface area contributed by atoms with E-state index in [0.29, 0.717) is 22.3 Å². The molecule has 0 saturated carbocycles. The Labute approximate surface area is 222 Å². The second-order valence-corrected chi connectivity index (χ2v) is 7.25. The molecule has 0 aromatic heterocycles. The van der Waals surface area contributed by atoms with Crippen LogP contribution in [-0.4, -0.2) is 46.1 Å². The maximum absolute atomic E-state index is 12.3. The van der Waals surface area contributed by atoms with Gasteiger partial charge < -0.3 is 20.4 Å². The Kier molecular flexibility index (Phi) is 20.0. The van der Waals surface area contributed by atoms with Gasteiger partial charge in [-0.1, -0.05) is 46.7 Å². The van der Waals surface area contributed by atoms with Crippen LogP contribution in [0.25, 0.3) is 4.91 Å². The number of allylic oxidation sites excluding steroid dienone is 1. The normalized spacial score (nSPS) is 11.2. The number of aldehydes is 1. The standard InChI is InChI=1S/C13H16N2O3.C10H9F3S.C2H7N.CH3N/c1-4-14-18-9-12-10(2)6-5-7-11(12)13(8-16)15-17-3;1-2-9(14)7-4-3-5-8(6-7)10(11,12)13;1-3-2;1-2/h4-8H,9H2,1-3H3;2-6,14H,1H3;3H,1-2H3;2H,1H2/b14-4+,15-13-;9-2-;;. The molecule has 2 aromatic carbocycles. The zero-order valence-corrected chi connectivity index (χ0v) is 22.8. The average molecular weight is 541 g/mol. The first kappa shape index (κ1) is 35.7. The summed E-state index contributed by atoms with van der Waals surface area (Å²) in [6, 6.07) is 10.7. The minimum absolute atomic E-state index is 0.236. The topological polar surface area (TPSA) is 96.1 Å². The van der Waals surface area contributed by atoms with E-state index in [1.165, 1.54) is 13.2 Å². The van der Waals surface area contributed by atoms with Crippen molar-refractivity contribution in [2.45, 2.75) is 33.6 Å². The van der Waals surface area contributed by atoms with E-state index in [1.807, 2.05) is 33.2 Å². The van der Waals surface area contributed by atoms with Crippen molar-refractivity contribution >= 4 is 42.5 Å². The number of nitrogens with zero attached hydrogens (tertiary/aromatic N) is 2. The first-order chi connectivity index (χ1) is 17.6. The third-order valence-electron chi connectivity index (χ3n) is 4.14. The summed E-state index contributed by atoms with van der Waals surface area (Å²) in [6.07, 6.45) is -0.427. The summed E-state index contributed by atoms with van der Waals surface area (Å²) in [5.41, 5.74) is 2.63. The third-order valence-corrected chi connectivity index (χ3v) is 4.65. The molecule has 0 saturated heterocycles. The molecule has 0 aliphatic carbocycles. The molecule has 0 spiro atoms. The molecule has 37 heavy (non-hydrogen) atoms. The summed E-state index contributed by atoms with van der Waals surface area (Å²) in [5.74, 6) is 0. The number of oxime groups is 2. The highest BCUT2D eigenvalue weighted by Gasteiger charge is 2.30. The highest BCUT2D eigenvalue weighted by molar-refractivity contribution is 7.90. The Morgan fingerprint density at radius 2 is 1.76 bits per heavy atom. The summed E-state index contributed by atoms with van der Waals surface area (Å²) >= 11 is 4.06. The molecule has 0 radical (unpaired) electrons. The van der Waals surface area contributed by atoms with Crippen LogP contribution in [0.5, 0.6) is 0 Å². The van der Waals surface area contributed by atoms with Crippen LogP contribution < -0.4 is 5.32 Å². The van der Waals surface area contributed by atoms with Gasteiger partial charge in [-0.25, -0.2) is 0 Å². The number of alkyl halides is 3. The molecule has 0 aliphatic rings. The van der Waals surface area contributed by atoms with Crippen molar-refractivity contribution in [3.05, 3.63) is 76.4 Å². The second-order valence-electron chi connectivity index (χ2n) is 6.77. The number of rotatable bonds is 7. The van der Waals surface area contributed by atoms with E-state index in [1.54, 1.807) is 38.3 Å². The summed E-state index contributed by atoms with van der Waals surface area (Å²) in [6.45, 7) is 8.21. The Hall–Kier alpha value is -3.44. The van der Waals surface area contributed by atoms with E-state index in [4.69, 9.17) is 10.2 Å². The number of halogens is 3. The van der Waals surface area contributed by atoms with Gasteiger partial charge in [0, 0.05) is 22.2 Å². The molecule has 7 nitrogen and oxygen atoms in total. The Morgan fingerprint density at radius 3 is 2.24 bits per heavy atom. The van der Waals surface area contributed by atoms with Crippen LogP contribution in [0.2, 0.25) is 0 Å². The van der Waals surface area contributed by atoms with E-state index in [2.05, 4.69) is 39.8 Å². The largest absolute Gasteiger partial charge is 0.416 e. The van der Waals surface area contributed by atoms with Crippen LogP contribution in [0.15, 0.2) is 58.9 Å². The maximum atomic E-state index is 12.3. The lowest BCUT2D eigenvalue weighted by Gasteiger charge is -2.10. The van der Waals surface area contributed by atoms with Crippen molar-refractivity contribution < 1.29 is 27.6 Å². The van der Waals surface area contributed by atoms with Gasteiger partial charge in [-0.3, -0.25) is 4.79 Å².